The molecule has 0 aliphatic carbocycles. The molecule has 0 bridgehead atoms. The summed E-state index contributed by atoms with van der Waals surface area (Å²) in [4.78, 5) is 33.1. The molecule has 25 heavy (non-hydrogen) atoms. The van der Waals surface area contributed by atoms with E-state index >= 15 is 0 Å². The Labute approximate surface area is 151 Å². The van der Waals surface area contributed by atoms with Crippen LogP contribution in [0.2, 0.25) is 0 Å². The second-order valence-corrected chi connectivity index (χ2v) is 7.08. The van der Waals surface area contributed by atoms with Gasteiger partial charge in [0.1, 0.15) is 12.2 Å². The quantitative estimate of drug-likeness (QED) is 0.889. The number of carbonyl (C=O) groups excluding carboxylic acids is 2. The number of piperazine rings is 1. The van der Waals surface area contributed by atoms with E-state index in [-0.39, 0.29) is 11.8 Å². The Morgan fingerprint density at radius 2 is 1.88 bits per heavy atom. The monoisotopic (exact) mass is 359 g/mol. The average Bonchev–Trinajstić information content (AvgIpc) is 3.04. The smallest absolute Gasteiger partial charge is 0.230 e. The number of benzene rings is 1. The molecule has 0 spiro atoms. The number of para-hydroxylation sites is 1. The van der Waals surface area contributed by atoms with Crippen LogP contribution in [0.25, 0.3) is 0 Å². The number of hydrogen-bond donors (Lipinski definition) is 1. The van der Waals surface area contributed by atoms with E-state index in [1.165, 1.54) is 16.2 Å². The summed E-state index contributed by atoms with van der Waals surface area (Å²) < 4.78 is 0. The molecule has 6 nitrogen and oxygen atoms in total. The topological polar surface area (TPSA) is 58.0 Å². The lowest BCUT2D eigenvalue weighted by molar-refractivity contribution is -0.917. The van der Waals surface area contributed by atoms with Crippen molar-refractivity contribution >= 4 is 34.0 Å². The molecule has 2 heterocycles. The van der Waals surface area contributed by atoms with E-state index in [1.807, 2.05) is 40.6 Å². The summed E-state index contributed by atoms with van der Waals surface area (Å²) in [6.45, 7) is 7.46. The first-order chi connectivity index (χ1) is 12.0. The van der Waals surface area contributed by atoms with Gasteiger partial charge in [-0.3, -0.25) is 14.5 Å². The minimum atomic E-state index is -0.0467. The first-order valence-corrected chi connectivity index (χ1v) is 9.32. The molecule has 0 atom stereocenters. The lowest BCUT2D eigenvalue weighted by Crippen LogP contribution is -3.13. The van der Waals surface area contributed by atoms with Gasteiger partial charge in [0.15, 0.2) is 5.13 Å². The second kappa shape index (κ2) is 7.76. The number of carbonyl (C=O) groups is 2. The minimum absolute atomic E-state index is 0.0467. The molecule has 1 aromatic heterocycles. The fourth-order valence-corrected chi connectivity index (χ4v) is 3.94. The molecule has 3 rings (SSSR count). The number of aromatic nitrogens is 1. The Kier molecular flexibility index (Phi) is 5.45. The molecular weight excluding hydrogens is 336 g/mol. The van der Waals surface area contributed by atoms with Crippen LogP contribution in [0.1, 0.15) is 19.5 Å². The molecule has 132 valence electrons. The van der Waals surface area contributed by atoms with Gasteiger partial charge in [-0.15, -0.1) is 11.3 Å². The molecule has 0 radical (unpaired) electrons. The maximum Gasteiger partial charge on any atom is 0.230 e. The lowest BCUT2D eigenvalue weighted by atomic mass is 10.3. The third-order valence-corrected chi connectivity index (χ3v) is 5.28. The van der Waals surface area contributed by atoms with Gasteiger partial charge in [-0.1, -0.05) is 18.2 Å². The Bertz CT molecular complexity index is 739. The predicted molar refractivity (Wildman–Crippen MR) is 98.0 cm³/mol. The highest BCUT2D eigenvalue weighted by atomic mass is 32.1. The third kappa shape index (κ3) is 4.24. The van der Waals surface area contributed by atoms with Gasteiger partial charge < -0.3 is 9.80 Å². The molecule has 1 aliphatic heterocycles. The highest BCUT2D eigenvalue weighted by Crippen LogP contribution is 2.28. The Balaban J connectivity index is 1.68. The summed E-state index contributed by atoms with van der Waals surface area (Å²) in [5.41, 5.74) is 1.83. The van der Waals surface area contributed by atoms with E-state index in [9.17, 15) is 9.59 Å². The normalized spacial score (nSPS) is 15.2. The summed E-state index contributed by atoms with van der Waals surface area (Å²) in [5, 5.41) is 2.73. The van der Waals surface area contributed by atoms with E-state index in [4.69, 9.17) is 0 Å². The molecule has 1 N–H and O–H groups in total. The van der Waals surface area contributed by atoms with Crippen LogP contribution in [0.15, 0.2) is 35.7 Å². The second-order valence-electron chi connectivity index (χ2n) is 6.24. The number of nitrogens with one attached hydrogen (secondary N) is 1. The fraction of sp³-hybridized carbons (Fsp3) is 0.389. The first-order valence-electron chi connectivity index (χ1n) is 8.44. The Morgan fingerprint density at radius 1 is 1.20 bits per heavy atom. The molecule has 1 saturated heterocycles. The van der Waals surface area contributed by atoms with Crippen LogP contribution in [-0.4, -0.2) is 47.9 Å². The zero-order chi connectivity index (χ0) is 17.8. The van der Waals surface area contributed by atoms with Crippen LogP contribution >= 0.6 is 11.3 Å². The van der Waals surface area contributed by atoms with Crippen molar-refractivity contribution in [1.29, 1.82) is 0 Å². The van der Waals surface area contributed by atoms with Crippen molar-refractivity contribution in [2.75, 3.05) is 31.1 Å². The minimum Gasteiger partial charge on any atom is -0.332 e. The number of anilines is 2. The summed E-state index contributed by atoms with van der Waals surface area (Å²) in [6, 6.07) is 9.58. The van der Waals surface area contributed by atoms with Gasteiger partial charge >= 0.3 is 0 Å². The highest BCUT2D eigenvalue weighted by molar-refractivity contribution is 7.14. The van der Waals surface area contributed by atoms with Crippen molar-refractivity contribution in [1.82, 2.24) is 9.88 Å². The van der Waals surface area contributed by atoms with E-state index < -0.39 is 0 Å². The number of amides is 2. The van der Waals surface area contributed by atoms with E-state index in [2.05, 4.69) is 4.98 Å². The van der Waals surface area contributed by atoms with Crippen molar-refractivity contribution in [3.8, 4) is 0 Å². The van der Waals surface area contributed by atoms with Crippen LogP contribution in [0.4, 0.5) is 10.8 Å². The Hall–Kier alpha value is -2.25. The molecule has 0 unspecified atom stereocenters. The highest BCUT2D eigenvalue weighted by Gasteiger charge is 2.23. The first kappa shape index (κ1) is 17.6. The molecule has 1 fully saturated rings. The number of thiazole rings is 1. The lowest BCUT2D eigenvalue weighted by Gasteiger charge is -2.31. The van der Waals surface area contributed by atoms with Gasteiger partial charge in [-0.05, 0) is 12.1 Å². The number of nitrogens with zero attached hydrogens (tertiary/aromatic N) is 3. The predicted octanol–water partition coefficient (Wildman–Crippen LogP) is 1.07. The van der Waals surface area contributed by atoms with Crippen molar-refractivity contribution in [3.05, 3.63) is 41.4 Å². The standard InChI is InChI=1S/C18H22N4O2S/c1-14(23)21-10-8-20(9-11-21)12-16-13-25-18(19-16)22(15(2)24)17-6-4-3-5-7-17/h3-7,13H,8-12H2,1-2H3/p+1. The molecule has 1 aliphatic rings. The van der Waals surface area contributed by atoms with Gasteiger partial charge in [-0.25, -0.2) is 4.98 Å². The van der Waals surface area contributed by atoms with E-state index in [0.29, 0.717) is 5.13 Å². The summed E-state index contributed by atoms with van der Waals surface area (Å²) in [7, 11) is 0. The third-order valence-electron chi connectivity index (χ3n) is 4.41. The fourth-order valence-electron chi connectivity index (χ4n) is 3.05. The van der Waals surface area contributed by atoms with Gasteiger partial charge in [0.2, 0.25) is 11.8 Å². The SMILES string of the molecule is CC(=O)N1CC[NH+](Cc2csc(N(C(C)=O)c3ccccc3)n2)CC1. The van der Waals surface area contributed by atoms with Gasteiger partial charge in [-0.2, -0.15) is 0 Å². The zero-order valence-electron chi connectivity index (χ0n) is 14.6. The zero-order valence-corrected chi connectivity index (χ0v) is 15.4. The number of rotatable bonds is 4. The van der Waals surface area contributed by atoms with Gasteiger partial charge in [0.25, 0.3) is 0 Å². The maximum absolute atomic E-state index is 12.1. The number of hydrogen-bond acceptors (Lipinski definition) is 4. The molecule has 2 amide bonds. The van der Waals surface area contributed by atoms with E-state index in [1.54, 1.807) is 18.7 Å². The number of quaternary nitrogens is 1. The van der Waals surface area contributed by atoms with Crippen molar-refractivity contribution < 1.29 is 14.5 Å². The summed E-state index contributed by atoms with van der Waals surface area (Å²) in [6.07, 6.45) is 0. The van der Waals surface area contributed by atoms with Crippen molar-refractivity contribution in [2.24, 2.45) is 0 Å². The molecule has 0 saturated carbocycles. The van der Waals surface area contributed by atoms with Gasteiger partial charge in [0.05, 0.1) is 31.9 Å². The molecule has 7 heteroatoms. The van der Waals surface area contributed by atoms with Crippen LogP contribution in [0.5, 0.6) is 0 Å². The van der Waals surface area contributed by atoms with Gasteiger partial charge in [0, 0.05) is 19.2 Å². The summed E-state index contributed by atoms with van der Waals surface area (Å²) in [5.74, 6) is 0.101. The summed E-state index contributed by atoms with van der Waals surface area (Å²) >= 11 is 1.49. The van der Waals surface area contributed by atoms with Crippen LogP contribution < -0.4 is 9.80 Å². The van der Waals surface area contributed by atoms with Crippen LogP contribution in [0, 0.1) is 0 Å². The molecule has 2 aromatic rings. The average molecular weight is 359 g/mol. The van der Waals surface area contributed by atoms with Crippen molar-refractivity contribution in [2.45, 2.75) is 20.4 Å². The van der Waals surface area contributed by atoms with Crippen LogP contribution in [-0.2, 0) is 16.1 Å². The van der Waals surface area contributed by atoms with Crippen molar-refractivity contribution in [3.63, 3.8) is 0 Å². The molecular formula is C18H23N4O2S+. The maximum atomic E-state index is 12.1. The van der Waals surface area contributed by atoms with Crippen LogP contribution in [0.3, 0.4) is 0 Å². The molecule has 1 aromatic carbocycles. The largest absolute Gasteiger partial charge is 0.332 e. The van der Waals surface area contributed by atoms with E-state index in [0.717, 1.165) is 44.1 Å². The Morgan fingerprint density at radius 3 is 2.48 bits per heavy atom.